The van der Waals surface area contributed by atoms with E-state index < -0.39 is 0 Å². The van der Waals surface area contributed by atoms with Crippen LogP contribution in [0.1, 0.15) is 24.7 Å². The monoisotopic (exact) mass is 201 g/mol. The molecule has 1 heterocycles. The van der Waals surface area contributed by atoms with Gasteiger partial charge >= 0.3 is 0 Å². The fourth-order valence-corrected chi connectivity index (χ4v) is 1.76. The first-order valence-corrected chi connectivity index (χ1v) is 5.33. The van der Waals surface area contributed by atoms with Crippen LogP contribution in [0.4, 0.5) is 0 Å². The quantitative estimate of drug-likeness (QED) is 0.758. The first kappa shape index (κ1) is 9.97. The van der Waals surface area contributed by atoms with Crippen molar-refractivity contribution in [3.05, 3.63) is 41.7 Å². The average molecular weight is 201 g/mol. The Morgan fingerprint density at radius 1 is 1.20 bits per heavy atom. The van der Waals surface area contributed by atoms with E-state index in [1.165, 1.54) is 5.56 Å². The summed E-state index contributed by atoms with van der Waals surface area (Å²) in [6, 6.07) is 10.2. The molecule has 2 rings (SSSR count). The largest absolute Gasteiger partial charge is 0.361 e. The predicted molar refractivity (Wildman–Crippen MR) is 60.7 cm³/mol. The molecule has 0 saturated carbocycles. The zero-order valence-electron chi connectivity index (χ0n) is 9.16. The van der Waals surface area contributed by atoms with Crippen molar-refractivity contribution in [2.24, 2.45) is 0 Å². The minimum absolute atomic E-state index is 0.940. The molecule has 0 unspecified atom stereocenters. The Balaban J connectivity index is 2.44. The van der Waals surface area contributed by atoms with E-state index in [1.54, 1.807) is 0 Å². The second kappa shape index (κ2) is 4.30. The minimum atomic E-state index is 0.940. The second-order valence-electron chi connectivity index (χ2n) is 3.68. The fourth-order valence-electron chi connectivity index (χ4n) is 1.76. The maximum Gasteiger partial charge on any atom is 0.137 e. The first-order chi connectivity index (χ1) is 7.33. The highest BCUT2D eigenvalue weighted by Crippen LogP contribution is 2.25. The van der Waals surface area contributed by atoms with E-state index >= 15 is 0 Å². The lowest BCUT2D eigenvalue weighted by molar-refractivity contribution is 0.398. The van der Waals surface area contributed by atoms with Crippen LogP contribution in [0, 0.1) is 6.92 Å². The normalized spacial score (nSPS) is 10.5. The van der Waals surface area contributed by atoms with Crippen molar-refractivity contribution in [2.75, 3.05) is 0 Å². The summed E-state index contributed by atoms with van der Waals surface area (Å²) < 4.78 is 5.25. The van der Waals surface area contributed by atoms with Gasteiger partial charge in [0.2, 0.25) is 0 Å². The van der Waals surface area contributed by atoms with Crippen molar-refractivity contribution in [3.8, 4) is 11.3 Å². The van der Waals surface area contributed by atoms with Crippen LogP contribution in [0.25, 0.3) is 11.3 Å². The molecule has 0 aliphatic rings. The van der Waals surface area contributed by atoms with Crippen LogP contribution in [0.3, 0.4) is 0 Å². The lowest BCUT2D eigenvalue weighted by Gasteiger charge is -1.99. The summed E-state index contributed by atoms with van der Waals surface area (Å²) in [6.45, 7) is 4.14. The topological polar surface area (TPSA) is 26.0 Å². The van der Waals surface area contributed by atoms with E-state index in [1.807, 2.05) is 25.1 Å². The first-order valence-electron chi connectivity index (χ1n) is 5.33. The van der Waals surface area contributed by atoms with Crippen LogP contribution in [0.15, 0.2) is 34.9 Å². The molecule has 0 aliphatic heterocycles. The SMILES string of the molecule is CCCc1c(-c2ccccc2)noc1C. The van der Waals surface area contributed by atoms with E-state index in [-0.39, 0.29) is 0 Å². The summed E-state index contributed by atoms with van der Waals surface area (Å²) in [6.07, 6.45) is 2.14. The molecular weight excluding hydrogens is 186 g/mol. The molecular formula is C13H15NO. The molecule has 0 bridgehead atoms. The molecule has 0 amide bonds. The number of benzene rings is 1. The van der Waals surface area contributed by atoms with E-state index in [9.17, 15) is 0 Å². The number of nitrogens with zero attached hydrogens (tertiary/aromatic N) is 1. The minimum Gasteiger partial charge on any atom is -0.361 e. The lowest BCUT2D eigenvalue weighted by atomic mass is 10.0. The van der Waals surface area contributed by atoms with E-state index in [4.69, 9.17) is 4.52 Å². The van der Waals surface area contributed by atoms with E-state index in [0.29, 0.717) is 0 Å². The van der Waals surface area contributed by atoms with Crippen molar-refractivity contribution in [2.45, 2.75) is 26.7 Å². The third-order valence-electron chi connectivity index (χ3n) is 2.53. The summed E-state index contributed by atoms with van der Waals surface area (Å²) in [5, 5.41) is 4.13. The molecule has 1 aromatic carbocycles. The lowest BCUT2D eigenvalue weighted by Crippen LogP contribution is -1.88. The van der Waals surface area contributed by atoms with Gasteiger partial charge in [-0.2, -0.15) is 0 Å². The molecule has 0 saturated heterocycles. The Kier molecular flexibility index (Phi) is 2.86. The highest BCUT2D eigenvalue weighted by molar-refractivity contribution is 5.63. The highest BCUT2D eigenvalue weighted by atomic mass is 16.5. The van der Waals surface area contributed by atoms with Crippen LogP contribution in [0.5, 0.6) is 0 Å². The Bertz CT molecular complexity index is 431. The third kappa shape index (κ3) is 1.94. The van der Waals surface area contributed by atoms with Gasteiger partial charge < -0.3 is 4.52 Å². The Morgan fingerprint density at radius 3 is 2.60 bits per heavy atom. The van der Waals surface area contributed by atoms with E-state index in [2.05, 4.69) is 24.2 Å². The predicted octanol–water partition coefficient (Wildman–Crippen LogP) is 3.60. The molecule has 0 N–H and O–H groups in total. The zero-order chi connectivity index (χ0) is 10.7. The molecule has 0 atom stereocenters. The molecule has 0 spiro atoms. The van der Waals surface area contributed by atoms with Crippen molar-refractivity contribution >= 4 is 0 Å². The standard InChI is InChI=1S/C13H15NO/c1-3-7-12-10(2)15-14-13(12)11-8-5-4-6-9-11/h4-6,8-9H,3,7H2,1-2H3. The summed E-state index contributed by atoms with van der Waals surface area (Å²) in [4.78, 5) is 0. The molecule has 15 heavy (non-hydrogen) atoms. The number of aryl methyl sites for hydroxylation is 1. The van der Waals surface area contributed by atoms with Gasteiger partial charge in [0.25, 0.3) is 0 Å². The Hall–Kier alpha value is -1.57. The van der Waals surface area contributed by atoms with Crippen LogP contribution >= 0.6 is 0 Å². The van der Waals surface area contributed by atoms with Crippen molar-refractivity contribution in [3.63, 3.8) is 0 Å². The summed E-state index contributed by atoms with van der Waals surface area (Å²) >= 11 is 0. The van der Waals surface area contributed by atoms with Crippen molar-refractivity contribution < 1.29 is 4.52 Å². The van der Waals surface area contributed by atoms with Gasteiger partial charge in [0, 0.05) is 11.1 Å². The Morgan fingerprint density at radius 2 is 1.93 bits per heavy atom. The maximum atomic E-state index is 5.25. The summed E-state index contributed by atoms with van der Waals surface area (Å²) in [5.74, 6) is 0.940. The van der Waals surface area contributed by atoms with Gasteiger partial charge in [-0.05, 0) is 13.3 Å². The van der Waals surface area contributed by atoms with E-state index in [0.717, 1.165) is 29.9 Å². The number of aromatic nitrogens is 1. The number of hydrogen-bond donors (Lipinski definition) is 0. The average Bonchev–Trinajstić information content (AvgIpc) is 2.63. The molecule has 0 radical (unpaired) electrons. The van der Waals surface area contributed by atoms with Crippen molar-refractivity contribution in [1.82, 2.24) is 5.16 Å². The van der Waals surface area contributed by atoms with Gasteiger partial charge in [0.15, 0.2) is 0 Å². The highest BCUT2D eigenvalue weighted by Gasteiger charge is 2.12. The van der Waals surface area contributed by atoms with Gasteiger partial charge in [-0.15, -0.1) is 0 Å². The number of rotatable bonds is 3. The number of hydrogen-bond acceptors (Lipinski definition) is 2. The summed E-state index contributed by atoms with van der Waals surface area (Å²) in [5.41, 5.74) is 3.37. The molecule has 2 heteroatoms. The third-order valence-corrected chi connectivity index (χ3v) is 2.53. The molecule has 0 aliphatic carbocycles. The van der Waals surface area contributed by atoms with Gasteiger partial charge in [0.1, 0.15) is 11.5 Å². The molecule has 2 nitrogen and oxygen atoms in total. The second-order valence-corrected chi connectivity index (χ2v) is 3.68. The van der Waals surface area contributed by atoms with Crippen LogP contribution in [0.2, 0.25) is 0 Å². The fraction of sp³-hybridized carbons (Fsp3) is 0.308. The molecule has 2 aromatic rings. The van der Waals surface area contributed by atoms with Gasteiger partial charge in [-0.25, -0.2) is 0 Å². The van der Waals surface area contributed by atoms with Crippen molar-refractivity contribution in [1.29, 1.82) is 0 Å². The molecule has 1 aromatic heterocycles. The Labute approximate surface area is 89.9 Å². The molecule has 0 fully saturated rings. The van der Waals surface area contributed by atoms with Crippen LogP contribution in [-0.2, 0) is 6.42 Å². The van der Waals surface area contributed by atoms with Gasteiger partial charge in [0.05, 0.1) is 0 Å². The molecule has 78 valence electrons. The van der Waals surface area contributed by atoms with Crippen LogP contribution < -0.4 is 0 Å². The smallest absolute Gasteiger partial charge is 0.137 e. The zero-order valence-corrected chi connectivity index (χ0v) is 9.16. The van der Waals surface area contributed by atoms with Gasteiger partial charge in [-0.3, -0.25) is 0 Å². The maximum absolute atomic E-state index is 5.25. The van der Waals surface area contributed by atoms with Crippen LogP contribution in [-0.4, -0.2) is 5.16 Å². The van der Waals surface area contributed by atoms with Gasteiger partial charge in [-0.1, -0.05) is 48.8 Å². The summed E-state index contributed by atoms with van der Waals surface area (Å²) in [7, 11) is 0.